The van der Waals surface area contributed by atoms with Gasteiger partial charge in [0, 0.05) is 12.3 Å². The molecule has 0 saturated heterocycles. The molecule has 2 rings (SSSR count). The Morgan fingerprint density at radius 3 is 1.96 bits per heavy atom. The predicted octanol–water partition coefficient (Wildman–Crippen LogP) is 6.56. The SMILES string of the molecule is CCCCCCCCCC(=O)OC1CCC(C2CCC(C#N)CC2)CC1. The van der Waals surface area contributed by atoms with Crippen molar-refractivity contribution in [2.45, 2.75) is 116 Å². The number of nitrogens with zero attached hydrogens (tertiary/aromatic N) is 1. The van der Waals surface area contributed by atoms with E-state index in [1.165, 1.54) is 57.8 Å². The fraction of sp³-hybridized carbons (Fsp3) is 0.913. The summed E-state index contributed by atoms with van der Waals surface area (Å²) in [6, 6.07) is 2.43. The van der Waals surface area contributed by atoms with E-state index in [4.69, 9.17) is 10.00 Å². The number of unbranched alkanes of at least 4 members (excludes halogenated alkanes) is 6. The lowest BCUT2D eigenvalue weighted by Gasteiger charge is -2.36. The second-order valence-electron chi connectivity index (χ2n) is 8.64. The molecule has 0 heterocycles. The first-order valence-corrected chi connectivity index (χ1v) is 11.3. The smallest absolute Gasteiger partial charge is 0.306 e. The van der Waals surface area contributed by atoms with E-state index in [1.54, 1.807) is 0 Å². The van der Waals surface area contributed by atoms with Crippen molar-refractivity contribution in [3.63, 3.8) is 0 Å². The molecule has 0 bridgehead atoms. The monoisotopic (exact) mass is 361 g/mol. The topological polar surface area (TPSA) is 50.1 Å². The molecule has 0 aromatic carbocycles. The third kappa shape index (κ3) is 7.68. The molecule has 0 unspecified atom stereocenters. The Hall–Kier alpha value is -1.04. The van der Waals surface area contributed by atoms with Crippen molar-refractivity contribution in [3.8, 4) is 6.07 Å². The van der Waals surface area contributed by atoms with Crippen molar-refractivity contribution >= 4 is 5.97 Å². The van der Waals surface area contributed by atoms with Crippen molar-refractivity contribution in [3.05, 3.63) is 0 Å². The number of rotatable bonds is 10. The van der Waals surface area contributed by atoms with Crippen LogP contribution in [-0.4, -0.2) is 12.1 Å². The van der Waals surface area contributed by atoms with Crippen LogP contribution in [0.4, 0.5) is 0 Å². The Morgan fingerprint density at radius 2 is 1.38 bits per heavy atom. The highest BCUT2D eigenvalue weighted by atomic mass is 16.5. The Kier molecular flexibility index (Phi) is 10.1. The van der Waals surface area contributed by atoms with Gasteiger partial charge in [-0.1, -0.05) is 45.4 Å². The average Bonchev–Trinajstić information content (AvgIpc) is 2.68. The van der Waals surface area contributed by atoms with Crippen molar-refractivity contribution in [2.24, 2.45) is 17.8 Å². The fourth-order valence-corrected chi connectivity index (χ4v) is 4.87. The Labute approximate surface area is 160 Å². The van der Waals surface area contributed by atoms with Crippen LogP contribution in [0.1, 0.15) is 110 Å². The maximum absolute atomic E-state index is 12.0. The van der Waals surface area contributed by atoms with Gasteiger partial charge < -0.3 is 4.74 Å². The maximum Gasteiger partial charge on any atom is 0.306 e. The maximum atomic E-state index is 12.0. The molecule has 0 aromatic rings. The number of carbonyl (C=O) groups excluding carboxylic acids is 1. The van der Waals surface area contributed by atoms with Gasteiger partial charge in [-0.3, -0.25) is 4.79 Å². The molecule has 2 aliphatic carbocycles. The number of ether oxygens (including phenoxy) is 1. The average molecular weight is 362 g/mol. The van der Waals surface area contributed by atoms with E-state index < -0.39 is 0 Å². The van der Waals surface area contributed by atoms with Crippen LogP contribution in [0.2, 0.25) is 0 Å². The molecule has 0 radical (unpaired) electrons. The molecule has 0 spiro atoms. The van der Waals surface area contributed by atoms with E-state index in [0.29, 0.717) is 12.3 Å². The molecule has 148 valence electrons. The molecular formula is C23H39NO2. The summed E-state index contributed by atoms with van der Waals surface area (Å²) in [4.78, 5) is 12.0. The minimum atomic E-state index is 0.0246. The predicted molar refractivity (Wildman–Crippen MR) is 106 cm³/mol. The highest BCUT2D eigenvalue weighted by Gasteiger charge is 2.31. The van der Waals surface area contributed by atoms with Gasteiger partial charge in [0.2, 0.25) is 0 Å². The van der Waals surface area contributed by atoms with Crippen molar-refractivity contribution in [1.29, 1.82) is 5.26 Å². The zero-order chi connectivity index (χ0) is 18.6. The molecular weight excluding hydrogens is 322 g/mol. The Morgan fingerprint density at radius 1 is 0.846 bits per heavy atom. The summed E-state index contributed by atoms with van der Waals surface area (Å²) in [5.41, 5.74) is 0. The molecule has 3 heteroatoms. The quantitative estimate of drug-likeness (QED) is 0.327. The van der Waals surface area contributed by atoms with Gasteiger partial charge in [-0.15, -0.1) is 0 Å². The second-order valence-corrected chi connectivity index (χ2v) is 8.64. The van der Waals surface area contributed by atoms with Gasteiger partial charge in [-0.25, -0.2) is 0 Å². The molecule has 0 aliphatic heterocycles. The van der Waals surface area contributed by atoms with Gasteiger partial charge in [0.25, 0.3) is 0 Å². The minimum absolute atomic E-state index is 0.0246. The fourth-order valence-electron chi connectivity index (χ4n) is 4.87. The van der Waals surface area contributed by atoms with E-state index in [-0.39, 0.29) is 12.1 Å². The van der Waals surface area contributed by atoms with Gasteiger partial charge >= 0.3 is 5.97 Å². The van der Waals surface area contributed by atoms with Crippen LogP contribution in [0.3, 0.4) is 0 Å². The first-order valence-electron chi connectivity index (χ1n) is 11.3. The van der Waals surface area contributed by atoms with E-state index in [0.717, 1.165) is 50.4 Å². The third-order valence-electron chi connectivity index (χ3n) is 6.62. The lowest BCUT2D eigenvalue weighted by atomic mass is 9.71. The first-order chi connectivity index (χ1) is 12.7. The van der Waals surface area contributed by atoms with E-state index in [2.05, 4.69) is 13.0 Å². The highest BCUT2D eigenvalue weighted by Crippen LogP contribution is 2.40. The van der Waals surface area contributed by atoms with Crippen molar-refractivity contribution < 1.29 is 9.53 Å². The molecule has 3 nitrogen and oxygen atoms in total. The van der Waals surface area contributed by atoms with Crippen LogP contribution in [0.25, 0.3) is 0 Å². The van der Waals surface area contributed by atoms with Crippen LogP contribution >= 0.6 is 0 Å². The number of carbonyl (C=O) groups is 1. The molecule has 0 aromatic heterocycles. The molecule has 2 saturated carbocycles. The van der Waals surface area contributed by atoms with Crippen molar-refractivity contribution in [1.82, 2.24) is 0 Å². The summed E-state index contributed by atoms with van der Waals surface area (Å²) in [5.74, 6) is 1.93. The largest absolute Gasteiger partial charge is 0.462 e. The number of hydrogen-bond donors (Lipinski definition) is 0. The number of esters is 1. The Bertz CT molecular complexity index is 426. The summed E-state index contributed by atoms with van der Waals surface area (Å²) in [6.07, 6.45) is 18.6. The molecule has 2 aliphatic rings. The van der Waals surface area contributed by atoms with Crippen LogP contribution in [-0.2, 0) is 9.53 Å². The van der Waals surface area contributed by atoms with Crippen molar-refractivity contribution in [2.75, 3.05) is 0 Å². The summed E-state index contributed by atoms with van der Waals surface area (Å²) < 4.78 is 5.72. The van der Waals surface area contributed by atoms with Crippen LogP contribution < -0.4 is 0 Å². The molecule has 2 fully saturated rings. The standard InChI is InChI=1S/C23H39NO2/c1-2-3-4-5-6-7-8-9-23(25)26-22-16-14-21(15-17-22)20-12-10-19(18-24)11-13-20/h19-22H,2-17H2,1H3. The van der Waals surface area contributed by atoms with Gasteiger partial charge in [0.05, 0.1) is 6.07 Å². The van der Waals surface area contributed by atoms with Crippen LogP contribution in [0, 0.1) is 29.1 Å². The lowest BCUT2D eigenvalue weighted by molar-refractivity contribution is -0.151. The van der Waals surface area contributed by atoms with Gasteiger partial charge in [-0.05, 0) is 69.6 Å². The van der Waals surface area contributed by atoms with Crippen LogP contribution in [0.5, 0.6) is 0 Å². The summed E-state index contributed by atoms with van der Waals surface area (Å²) >= 11 is 0. The first kappa shape index (κ1) is 21.3. The zero-order valence-corrected chi connectivity index (χ0v) is 16.9. The van der Waals surface area contributed by atoms with Gasteiger partial charge in [0.15, 0.2) is 0 Å². The zero-order valence-electron chi connectivity index (χ0n) is 16.9. The van der Waals surface area contributed by atoms with Gasteiger partial charge in [0.1, 0.15) is 6.10 Å². The molecule has 0 amide bonds. The Balaban J connectivity index is 1.52. The number of nitriles is 1. The van der Waals surface area contributed by atoms with E-state index in [9.17, 15) is 4.79 Å². The minimum Gasteiger partial charge on any atom is -0.462 e. The van der Waals surface area contributed by atoms with Crippen LogP contribution in [0.15, 0.2) is 0 Å². The molecule has 26 heavy (non-hydrogen) atoms. The number of hydrogen-bond acceptors (Lipinski definition) is 3. The normalized spacial score (nSPS) is 29.1. The summed E-state index contributed by atoms with van der Waals surface area (Å²) in [5, 5.41) is 9.03. The lowest BCUT2D eigenvalue weighted by Crippen LogP contribution is -2.29. The molecule has 0 atom stereocenters. The molecule has 0 N–H and O–H groups in total. The third-order valence-corrected chi connectivity index (χ3v) is 6.62. The second kappa shape index (κ2) is 12.4. The van der Waals surface area contributed by atoms with E-state index in [1.807, 2.05) is 0 Å². The summed E-state index contributed by atoms with van der Waals surface area (Å²) in [6.45, 7) is 2.24. The summed E-state index contributed by atoms with van der Waals surface area (Å²) in [7, 11) is 0. The van der Waals surface area contributed by atoms with E-state index >= 15 is 0 Å². The highest BCUT2D eigenvalue weighted by molar-refractivity contribution is 5.69. The van der Waals surface area contributed by atoms with Gasteiger partial charge in [-0.2, -0.15) is 5.26 Å².